The van der Waals surface area contributed by atoms with Crippen molar-refractivity contribution in [3.05, 3.63) is 50.1 Å². The zero-order chi connectivity index (χ0) is 11.5. The van der Waals surface area contributed by atoms with E-state index in [-0.39, 0.29) is 5.91 Å². The molecule has 0 atom stereocenters. The summed E-state index contributed by atoms with van der Waals surface area (Å²) in [5.41, 5.74) is 1.32. The summed E-state index contributed by atoms with van der Waals surface area (Å²) in [6, 6.07) is 7.03. The molecular formula is C11H7BrClNOS. The Hall–Kier alpha value is -0.840. The van der Waals surface area contributed by atoms with Crippen LogP contribution in [0.15, 0.2) is 39.5 Å². The summed E-state index contributed by atoms with van der Waals surface area (Å²) >= 11 is 10.7. The molecule has 0 aliphatic heterocycles. The van der Waals surface area contributed by atoms with Gasteiger partial charge in [0.25, 0.3) is 5.91 Å². The van der Waals surface area contributed by atoms with Gasteiger partial charge < -0.3 is 5.32 Å². The zero-order valence-electron chi connectivity index (χ0n) is 8.04. The molecule has 0 unspecified atom stereocenters. The molecule has 0 saturated carbocycles. The summed E-state index contributed by atoms with van der Waals surface area (Å²) in [4.78, 5) is 11.8. The number of carbonyl (C=O) groups excluding carboxylic acids is 1. The van der Waals surface area contributed by atoms with Gasteiger partial charge in [-0.2, -0.15) is 11.3 Å². The maximum Gasteiger partial charge on any atom is 0.256 e. The maximum atomic E-state index is 11.8. The van der Waals surface area contributed by atoms with Crippen LogP contribution in [0, 0.1) is 0 Å². The molecule has 1 amide bonds. The average Bonchev–Trinajstić information content (AvgIpc) is 2.76. The van der Waals surface area contributed by atoms with Crippen molar-refractivity contribution in [1.82, 2.24) is 0 Å². The van der Waals surface area contributed by atoms with E-state index in [4.69, 9.17) is 11.6 Å². The molecule has 0 saturated heterocycles. The van der Waals surface area contributed by atoms with Crippen LogP contribution in [0.4, 0.5) is 5.69 Å². The third-order valence-corrected chi connectivity index (χ3v) is 3.57. The first kappa shape index (κ1) is 11.6. The van der Waals surface area contributed by atoms with E-state index >= 15 is 0 Å². The number of rotatable bonds is 2. The first-order valence-corrected chi connectivity index (χ1v) is 6.57. The van der Waals surface area contributed by atoms with E-state index < -0.39 is 0 Å². The molecule has 5 heteroatoms. The third kappa shape index (κ3) is 2.64. The van der Waals surface area contributed by atoms with Crippen molar-refractivity contribution in [1.29, 1.82) is 0 Å². The molecule has 2 nitrogen and oxygen atoms in total. The van der Waals surface area contributed by atoms with Crippen molar-refractivity contribution < 1.29 is 4.79 Å². The Balaban J connectivity index is 2.21. The van der Waals surface area contributed by atoms with Crippen molar-refractivity contribution in [2.45, 2.75) is 0 Å². The average molecular weight is 317 g/mol. The number of benzene rings is 1. The number of hydrogen-bond donors (Lipinski definition) is 1. The minimum atomic E-state index is -0.135. The van der Waals surface area contributed by atoms with Crippen LogP contribution in [0.3, 0.4) is 0 Å². The van der Waals surface area contributed by atoms with Gasteiger partial charge in [0.1, 0.15) is 0 Å². The van der Waals surface area contributed by atoms with E-state index in [0.717, 1.165) is 4.47 Å². The van der Waals surface area contributed by atoms with Gasteiger partial charge in [0.05, 0.1) is 11.3 Å². The van der Waals surface area contributed by atoms with Crippen LogP contribution in [-0.4, -0.2) is 5.91 Å². The molecule has 1 heterocycles. The second-order valence-corrected chi connectivity index (χ2v) is 5.16. The fraction of sp³-hybridized carbons (Fsp3) is 0. The number of carbonyl (C=O) groups is 1. The second-order valence-electron chi connectivity index (χ2n) is 3.09. The summed E-state index contributed by atoms with van der Waals surface area (Å²) in [5, 5.41) is 7.04. The number of hydrogen-bond acceptors (Lipinski definition) is 2. The van der Waals surface area contributed by atoms with E-state index in [1.807, 2.05) is 5.38 Å². The molecule has 1 N–H and O–H groups in total. The van der Waals surface area contributed by atoms with Gasteiger partial charge in [-0.1, -0.05) is 11.6 Å². The number of amides is 1. The van der Waals surface area contributed by atoms with E-state index in [1.165, 1.54) is 11.3 Å². The molecule has 0 spiro atoms. The smallest absolute Gasteiger partial charge is 0.256 e. The third-order valence-electron chi connectivity index (χ3n) is 1.96. The number of anilines is 1. The molecule has 1 aromatic carbocycles. The van der Waals surface area contributed by atoms with E-state index in [2.05, 4.69) is 21.2 Å². The van der Waals surface area contributed by atoms with Gasteiger partial charge in [-0.05, 0) is 45.6 Å². The van der Waals surface area contributed by atoms with Gasteiger partial charge in [-0.25, -0.2) is 0 Å². The number of thiophene rings is 1. The van der Waals surface area contributed by atoms with Gasteiger partial charge in [-0.15, -0.1) is 0 Å². The topological polar surface area (TPSA) is 29.1 Å². The SMILES string of the molecule is O=C(Nc1cc(Cl)ccc1Br)c1ccsc1. The molecule has 1 aromatic heterocycles. The molecule has 2 rings (SSSR count). The quantitative estimate of drug-likeness (QED) is 0.873. The van der Waals surface area contributed by atoms with Crippen LogP contribution in [0.25, 0.3) is 0 Å². The Bertz CT molecular complexity index is 513. The monoisotopic (exact) mass is 315 g/mol. The number of nitrogens with one attached hydrogen (secondary N) is 1. The van der Waals surface area contributed by atoms with Gasteiger partial charge in [0.15, 0.2) is 0 Å². The van der Waals surface area contributed by atoms with Crippen molar-refractivity contribution in [3.8, 4) is 0 Å². The minimum absolute atomic E-state index is 0.135. The Morgan fingerprint density at radius 3 is 2.88 bits per heavy atom. The van der Waals surface area contributed by atoms with Gasteiger partial charge in [0.2, 0.25) is 0 Å². The van der Waals surface area contributed by atoms with Gasteiger partial charge in [-0.3, -0.25) is 4.79 Å². The van der Waals surface area contributed by atoms with E-state index in [9.17, 15) is 4.79 Å². The lowest BCUT2D eigenvalue weighted by molar-refractivity contribution is 0.102. The lowest BCUT2D eigenvalue weighted by Crippen LogP contribution is -2.11. The molecular weight excluding hydrogens is 310 g/mol. The van der Waals surface area contributed by atoms with Crippen LogP contribution >= 0.6 is 38.9 Å². The fourth-order valence-electron chi connectivity index (χ4n) is 1.18. The summed E-state index contributed by atoms with van der Waals surface area (Å²) in [6.45, 7) is 0. The predicted octanol–water partition coefficient (Wildman–Crippen LogP) is 4.42. The standard InChI is InChI=1S/C11H7BrClNOS/c12-9-2-1-8(13)5-10(9)14-11(15)7-3-4-16-6-7/h1-6H,(H,14,15). The lowest BCUT2D eigenvalue weighted by atomic mass is 10.3. The Morgan fingerprint density at radius 2 is 2.19 bits per heavy atom. The molecule has 82 valence electrons. The first-order valence-electron chi connectivity index (χ1n) is 4.45. The zero-order valence-corrected chi connectivity index (χ0v) is 11.2. The second kappa shape index (κ2) is 4.99. The molecule has 0 bridgehead atoms. The molecule has 0 radical (unpaired) electrons. The highest BCUT2D eigenvalue weighted by molar-refractivity contribution is 9.10. The lowest BCUT2D eigenvalue weighted by Gasteiger charge is -2.06. The molecule has 0 fully saturated rings. The Kier molecular flexibility index (Phi) is 3.63. The highest BCUT2D eigenvalue weighted by atomic mass is 79.9. The largest absolute Gasteiger partial charge is 0.321 e. The van der Waals surface area contributed by atoms with Crippen molar-refractivity contribution in [2.75, 3.05) is 5.32 Å². The summed E-state index contributed by atoms with van der Waals surface area (Å²) in [6.07, 6.45) is 0. The highest BCUT2D eigenvalue weighted by Crippen LogP contribution is 2.26. The van der Waals surface area contributed by atoms with E-state index in [1.54, 1.807) is 29.6 Å². The molecule has 2 aromatic rings. The Labute approximate surface area is 110 Å². The number of halogens is 2. The van der Waals surface area contributed by atoms with Crippen molar-refractivity contribution >= 4 is 50.5 Å². The van der Waals surface area contributed by atoms with Crippen molar-refractivity contribution in [3.63, 3.8) is 0 Å². The Morgan fingerprint density at radius 1 is 1.38 bits per heavy atom. The highest BCUT2D eigenvalue weighted by Gasteiger charge is 2.08. The van der Waals surface area contributed by atoms with Crippen molar-refractivity contribution in [2.24, 2.45) is 0 Å². The first-order chi connectivity index (χ1) is 7.66. The van der Waals surface area contributed by atoms with Crippen LogP contribution in [0.5, 0.6) is 0 Å². The molecule has 0 aliphatic rings. The molecule has 16 heavy (non-hydrogen) atoms. The minimum Gasteiger partial charge on any atom is -0.321 e. The fourth-order valence-corrected chi connectivity index (χ4v) is 2.34. The summed E-state index contributed by atoms with van der Waals surface area (Å²) < 4.78 is 0.806. The van der Waals surface area contributed by atoms with Crippen LogP contribution < -0.4 is 5.32 Å². The van der Waals surface area contributed by atoms with E-state index in [0.29, 0.717) is 16.3 Å². The summed E-state index contributed by atoms with van der Waals surface area (Å²) in [7, 11) is 0. The van der Waals surface area contributed by atoms with Gasteiger partial charge >= 0.3 is 0 Å². The van der Waals surface area contributed by atoms with Crippen LogP contribution in [0.1, 0.15) is 10.4 Å². The maximum absolute atomic E-state index is 11.8. The molecule has 0 aliphatic carbocycles. The van der Waals surface area contributed by atoms with Crippen LogP contribution in [-0.2, 0) is 0 Å². The normalized spacial score (nSPS) is 10.1. The van der Waals surface area contributed by atoms with Gasteiger partial charge in [0, 0.05) is 14.9 Å². The summed E-state index contributed by atoms with van der Waals surface area (Å²) in [5.74, 6) is -0.135. The predicted molar refractivity (Wildman–Crippen MR) is 71.4 cm³/mol. The van der Waals surface area contributed by atoms with Crippen LogP contribution in [0.2, 0.25) is 5.02 Å².